The van der Waals surface area contributed by atoms with Crippen molar-refractivity contribution in [3.05, 3.63) is 28.5 Å². The summed E-state index contributed by atoms with van der Waals surface area (Å²) in [7, 11) is 0. The summed E-state index contributed by atoms with van der Waals surface area (Å²) in [5.41, 5.74) is 0.762. The van der Waals surface area contributed by atoms with Crippen molar-refractivity contribution in [1.82, 2.24) is 14.3 Å². The molecule has 3 heterocycles. The van der Waals surface area contributed by atoms with E-state index in [-0.39, 0.29) is 5.91 Å². The van der Waals surface area contributed by atoms with Gasteiger partial charge in [0.25, 0.3) is 0 Å². The van der Waals surface area contributed by atoms with Gasteiger partial charge in [-0.25, -0.2) is 4.98 Å². The fourth-order valence-corrected chi connectivity index (χ4v) is 3.87. The number of halogens is 1. The first-order valence-corrected chi connectivity index (χ1v) is 8.33. The number of thiazole rings is 1. The number of carbonyl (C=O) groups is 1. The molecule has 1 fully saturated rings. The predicted molar refractivity (Wildman–Crippen MR) is 81.0 cm³/mol. The van der Waals surface area contributed by atoms with Crippen LogP contribution in [-0.2, 0) is 4.79 Å². The second-order valence-electron chi connectivity index (χ2n) is 4.11. The van der Waals surface area contributed by atoms with E-state index in [2.05, 4.69) is 4.98 Å². The van der Waals surface area contributed by atoms with Crippen LogP contribution in [0.4, 0.5) is 0 Å². The Hall–Kier alpha value is -0.980. The minimum atomic E-state index is 0.0431. The predicted octanol–water partition coefficient (Wildman–Crippen LogP) is 2.64. The van der Waals surface area contributed by atoms with Gasteiger partial charge in [0.05, 0.1) is 5.69 Å². The Morgan fingerprint density at radius 2 is 2.21 bits per heavy atom. The van der Waals surface area contributed by atoms with Crippen LogP contribution in [0.1, 0.15) is 5.69 Å². The van der Waals surface area contributed by atoms with Gasteiger partial charge in [-0.2, -0.15) is 11.8 Å². The highest BCUT2D eigenvalue weighted by molar-refractivity contribution is 7.99. The molecule has 3 rings (SSSR count). The molecule has 0 unspecified atom stereocenters. The van der Waals surface area contributed by atoms with Gasteiger partial charge >= 0.3 is 0 Å². The summed E-state index contributed by atoms with van der Waals surface area (Å²) in [4.78, 5) is 19.0. The minimum Gasteiger partial charge on any atom is -0.338 e. The summed E-state index contributed by atoms with van der Waals surface area (Å²) in [5, 5.41) is 2.38. The smallest absolute Gasteiger partial charge is 0.246 e. The molecule has 4 nitrogen and oxygen atoms in total. The van der Waals surface area contributed by atoms with Crippen molar-refractivity contribution in [2.45, 2.75) is 0 Å². The van der Waals surface area contributed by atoms with Crippen molar-refractivity contribution >= 4 is 51.6 Å². The minimum absolute atomic E-state index is 0.0431. The number of amides is 1. The lowest BCUT2D eigenvalue weighted by atomic mass is 10.3. The van der Waals surface area contributed by atoms with Crippen molar-refractivity contribution in [3.63, 3.8) is 0 Å². The van der Waals surface area contributed by atoms with Crippen LogP contribution < -0.4 is 0 Å². The first-order valence-electron chi connectivity index (χ1n) is 5.91. The molecule has 19 heavy (non-hydrogen) atoms. The van der Waals surface area contributed by atoms with Crippen LogP contribution in [0, 0.1) is 0 Å². The third-order valence-electron chi connectivity index (χ3n) is 2.96. The highest BCUT2D eigenvalue weighted by atomic mass is 35.5. The van der Waals surface area contributed by atoms with E-state index in [0.29, 0.717) is 5.15 Å². The molecule has 0 N–H and O–H groups in total. The van der Waals surface area contributed by atoms with Crippen molar-refractivity contribution in [2.75, 3.05) is 24.6 Å². The second kappa shape index (κ2) is 5.56. The van der Waals surface area contributed by atoms with Gasteiger partial charge in [-0.3, -0.25) is 9.20 Å². The molecular weight excluding hydrogens is 302 g/mol. The molecule has 1 saturated heterocycles. The average Bonchev–Trinajstić information content (AvgIpc) is 2.98. The fourth-order valence-electron chi connectivity index (χ4n) is 1.97. The maximum absolute atomic E-state index is 12.0. The Kier molecular flexibility index (Phi) is 3.81. The van der Waals surface area contributed by atoms with E-state index in [1.54, 1.807) is 12.2 Å². The van der Waals surface area contributed by atoms with Crippen LogP contribution >= 0.6 is 34.7 Å². The van der Waals surface area contributed by atoms with Crippen LogP contribution in [0.15, 0.2) is 17.7 Å². The Morgan fingerprint density at radius 3 is 3.00 bits per heavy atom. The van der Waals surface area contributed by atoms with E-state index < -0.39 is 0 Å². The van der Waals surface area contributed by atoms with Crippen LogP contribution in [-0.4, -0.2) is 44.8 Å². The van der Waals surface area contributed by atoms with Gasteiger partial charge in [-0.05, 0) is 6.08 Å². The van der Waals surface area contributed by atoms with E-state index in [9.17, 15) is 4.79 Å². The summed E-state index contributed by atoms with van der Waals surface area (Å²) >= 11 is 9.48. The second-order valence-corrected chi connectivity index (χ2v) is 6.57. The first-order chi connectivity index (χ1) is 9.25. The van der Waals surface area contributed by atoms with Crippen molar-refractivity contribution in [1.29, 1.82) is 0 Å². The lowest BCUT2D eigenvalue weighted by Gasteiger charge is -2.25. The Bertz CT molecular complexity index is 628. The van der Waals surface area contributed by atoms with Crippen LogP contribution in [0.2, 0.25) is 5.15 Å². The molecule has 0 atom stereocenters. The Balaban J connectivity index is 1.79. The molecule has 0 saturated carbocycles. The van der Waals surface area contributed by atoms with Crippen LogP contribution in [0.3, 0.4) is 0 Å². The molecule has 0 radical (unpaired) electrons. The van der Waals surface area contributed by atoms with E-state index in [0.717, 1.165) is 35.3 Å². The molecule has 2 aromatic rings. The van der Waals surface area contributed by atoms with Crippen molar-refractivity contribution in [2.24, 2.45) is 0 Å². The first kappa shape index (κ1) is 13.0. The number of imidazole rings is 1. The summed E-state index contributed by atoms with van der Waals surface area (Å²) < 4.78 is 1.89. The van der Waals surface area contributed by atoms with E-state index in [1.807, 2.05) is 32.6 Å². The van der Waals surface area contributed by atoms with Crippen molar-refractivity contribution < 1.29 is 4.79 Å². The molecule has 1 aliphatic heterocycles. The van der Waals surface area contributed by atoms with Gasteiger partial charge in [-0.1, -0.05) is 11.6 Å². The van der Waals surface area contributed by atoms with Crippen molar-refractivity contribution in [3.8, 4) is 0 Å². The number of hydrogen-bond donors (Lipinski definition) is 0. The number of thioether (sulfide) groups is 1. The molecule has 100 valence electrons. The topological polar surface area (TPSA) is 37.6 Å². The number of hydrogen-bond acceptors (Lipinski definition) is 4. The van der Waals surface area contributed by atoms with E-state index in [4.69, 9.17) is 11.6 Å². The van der Waals surface area contributed by atoms with Gasteiger partial charge in [0.1, 0.15) is 0 Å². The molecule has 1 amide bonds. The summed E-state index contributed by atoms with van der Waals surface area (Å²) in [6.07, 6.45) is 5.24. The third-order valence-corrected chi connectivity index (χ3v) is 4.94. The number of aromatic nitrogens is 2. The van der Waals surface area contributed by atoms with Gasteiger partial charge in [0.15, 0.2) is 10.1 Å². The zero-order valence-electron chi connectivity index (χ0n) is 10.1. The lowest BCUT2D eigenvalue weighted by Crippen LogP contribution is -2.36. The molecule has 0 aromatic carbocycles. The normalized spacial score (nSPS) is 16.6. The standard InChI is InChI=1S/C12H12ClN3OS2/c13-11-9(16-5-8-19-12(16)14-11)1-2-10(17)15-3-6-18-7-4-15/h1-2,5,8H,3-4,6-7H2/b2-1+. The molecule has 7 heteroatoms. The lowest BCUT2D eigenvalue weighted by molar-refractivity contribution is -0.125. The van der Waals surface area contributed by atoms with Gasteiger partial charge in [-0.15, -0.1) is 11.3 Å². The highest BCUT2D eigenvalue weighted by Gasteiger charge is 2.15. The van der Waals surface area contributed by atoms with Gasteiger partial charge in [0.2, 0.25) is 5.91 Å². The molecule has 0 bridgehead atoms. The Morgan fingerprint density at radius 1 is 1.42 bits per heavy atom. The van der Waals surface area contributed by atoms with Crippen LogP contribution in [0.25, 0.3) is 11.0 Å². The van der Waals surface area contributed by atoms with Crippen LogP contribution in [0.5, 0.6) is 0 Å². The SMILES string of the molecule is O=C(/C=C/c1c(Cl)nc2sccn12)N1CCSCC1. The largest absolute Gasteiger partial charge is 0.338 e. The molecule has 2 aromatic heterocycles. The zero-order chi connectivity index (χ0) is 13.2. The summed E-state index contributed by atoms with van der Waals surface area (Å²) in [6.45, 7) is 1.64. The number of fused-ring (bicyclic) bond motifs is 1. The number of rotatable bonds is 2. The zero-order valence-corrected chi connectivity index (χ0v) is 12.5. The third kappa shape index (κ3) is 2.66. The Labute approximate surface area is 124 Å². The molecule has 0 spiro atoms. The molecule has 1 aliphatic rings. The summed E-state index contributed by atoms with van der Waals surface area (Å²) in [5.74, 6) is 2.07. The van der Waals surface area contributed by atoms with E-state index in [1.165, 1.54) is 11.3 Å². The quantitative estimate of drug-likeness (QED) is 0.800. The highest BCUT2D eigenvalue weighted by Crippen LogP contribution is 2.22. The monoisotopic (exact) mass is 313 g/mol. The van der Waals surface area contributed by atoms with E-state index >= 15 is 0 Å². The average molecular weight is 314 g/mol. The summed E-state index contributed by atoms with van der Waals surface area (Å²) in [6, 6.07) is 0. The molecular formula is C12H12ClN3OS2. The maximum Gasteiger partial charge on any atom is 0.246 e. The fraction of sp³-hybridized carbons (Fsp3) is 0.333. The maximum atomic E-state index is 12.0. The number of nitrogens with zero attached hydrogens (tertiary/aromatic N) is 3. The number of carbonyl (C=O) groups excluding carboxylic acids is 1. The molecule has 0 aliphatic carbocycles. The van der Waals surface area contributed by atoms with Gasteiger partial charge < -0.3 is 4.90 Å². The van der Waals surface area contributed by atoms with Gasteiger partial charge in [0, 0.05) is 42.2 Å².